The lowest BCUT2D eigenvalue weighted by Crippen LogP contribution is -2.37. The van der Waals surface area contributed by atoms with Crippen LogP contribution in [0.5, 0.6) is 0 Å². The van der Waals surface area contributed by atoms with Gasteiger partial charge in [-0.1, -0.05) is 13.8 Å². The average molecular weight is 266 g/mol. The smallest absolute Gasteiger partial charge is 0.0700 e. The van der Waals surface area contributed by atoms with Crippen LogP contribution in [0.1, 0.15) is 33.1 Å². The second kappa shape index (κ2) is 12.6. The van der Waals surface area contributed by atoms with Crippen molar-refractivity contribution in [1.82, 2.24) is 4.90 Å². The molecule has 0 aliphatic carbocycles. The molecule has 0 amide bonds. The lowest BCUT2D eigenvalue weighted by Gasteiger charge is -2.29. The maximum atomic E-state index is 5.85. The number of halogens is 1. The molecule has 0 spiro atoms. The molecule has 0 aliphatic heterocycles. The fraction of sp³-hybridized carbons (Fsp3) is 1.00. The highest BCUT2D eigenvalue weighted by Gasteiger charge is 2.13. The van der Waals surface area contributed by atoms with E-state index in [1.54, 1.807) is 7.11 Å². The largest absolute Gasteiger partial charge is 0.382 e. The third-order valence-corrected chi connectivity index (χ3v) is 3.17. The number of nitrogens with zero attached hydrogens (tertiary/aromatic N) is 1. The summed E-state index contributed by atoms with van der Waals surface area (Å²) in [5, 5.41) is 0. The van der Waals surface area contributed by atoms with Gasteiger partial charge in [-0.05, 0) is 19.3 Å². The molecule has 0 rings (SSSR count). The van der Waals surface area contributed by atoms with Gasteiger partial charge < -0.3 is 9.47 Å². The summed E-state index contributed by atoms with van der Waals surface area (Å²) in [5.41, 5.74) is 0. The molecule has 0 fully saturated rings. The Labute approximate surface area is 111 Å². The lowest BCUT2D eigenvalue weighted by atomic mass is 10.1. The molecule has 104 valence electrons. The van der Waals surface area contributed by atoms with E-state index in [2.05, 4.69) is 18.7 Å². The number of hydrogen-bond donors (Lipinski definition) is 0. The molecule has 0 N–H and O–H groups in total. The number of rotatable bonds is 12. The van der Waals surface area contributed by atoms with Gasteiger partial charge in [-0.3, -0.25) is 4.90 Å². The van der Waals surface area contributed by atoms with Gasteiger partial charge in [0, 0.05) is 38.7 Å². The zero-order chi connectivity index (χ0) is 12.9. The van der Waals surface area contributed by atoms with Gasteiger partial charge in [0.05, 0.1) is 13.2 Å². The molecule has 0 radical (unpaired) electrons. The Morgan fingerprint density at radius 1 is 1.06 bits per heavy atom. The van der Waals surface area contributed by atoms with E-state index in [-0.39, 0.29) is 0 Å². The molecule has 0 aromatic rings. The molecule has 0 saturated carbocycles. The fourth-order valence-electron chi connectivity index (χ4n) is 2.00. The minimum absolute atomic E-state index is 0.660. The predicted molar refractivity (Wildman–Crippen MR) is 74.0 cm³/mol. The summed E-state index contributed by atoms with van der Waals surface area (Å²) >= 11 is 5.85. The van der Waals surface area contributed by atoms with Crippen molar-refractivity contribution in [3.8, 4) is 0 Å². The van der Waals surface area contributed by atoms with E-state index in [1.807, 2.05) is 0 Å². The molecule has 0 aromatic heterocycles. The van der Waals surface area contributed by atoms with E-state index in [4.69, 9.17) is 21.1 Å². The minimum Gasteiger partial charge on any atom is -0.382 e. The van der Waals surface area contributed by atoms with Crippen molar-refractivity contribution in [1.29, 1.82) is 0 Å². The SMILES string of the molecule is CCC(CC)N(CCCl)CCCOCCOC. The van der Waals surface area contributed by atoms with E-state index in [9.17, 15) is 0 Å². The van der Waals surface area contributed by atoms with Crippen molar-refractivity contribution in [3.63, 3.8) is 0 Å². The van der Waals surface area contributed by atoms with Gasteiger partial charge >= 0.3 is 0 Å². The summed E-state index contributed by atoms with van der Waals surface area (Å²) in [6.07, 6.45) is 3.45. The van der Waals surface area contributed by atoms with E-state index >= 15 is 0 Å². The van der Waals surface area contributed by atoms with Crippen LogP contribution in [0.3, 0.4) is 0 Å². The van der Waals surface area contributed by atoms with Crippen molar-refractivity contribution < 1.29 is 9.47 Å². The summed E-state index contributed by atoms with van der Waals surface area (Å²) in [6.45, 7) is 8.71. The van der Waals surface area contributed by atoms with Crippen LogP contribution in [-0.4, -0.2) is 56.8 Å². The minimum atomic E-state index is 0.660. The zero-order valence-corrected chi connectivity index (χ0v) is 12.3. The quantitative estimate of drug-likeness (QED) is 0.400. The average Bonchev–Trinajstić information content (AvgIpc) is 2.35. The van der Waals surface area contributed by atoms with Crippen LogP contribution in [-0.2, 0) is 9.47 Å². The van der Waals surface area contributed by atoms with Gasteiger partial charge in [0.1, 0.15) is 0 Å². The molecule has 0 saturated heterocycles. The molecular formula is C13H28ClNO2. The summed E-state index contributed by atoms with van der Waals surface area (Å²) in [4.78, 5) is 2.48. The van der Waals surface area contributed by atoms with Crippen molar-refractivity contribution in [2.24, 2.45) is 0 Å². The van der Waals surface area contributed by atoms with E-state index in [1.165, 1.54) is 12.8 Å². The third-order valence-electron chi connectivity index (χ3n) is 3.00. The molecular weight excluding hydrogens is 238 g/mol. The van der Waals surface area contributed by atoms with Crippen LogP contribution in [0, 0.1) is 0 Å². The highest BCUT2D eigenvalue weighted by Crippen LogP contribution is 2.09. The highest BCUT2D eigenvalue weighted by atomic mass is 35.5. The number of hydrogen-bond acceptors (Lipinski definition) is 3. The Bertz CT molecular complexity index is 154. The first kappa shape index (κ1) is 17.2. The van der Waals surface area contributed by atoms with Gasteiger partial charge in [0.2, 0.25) is 0 Å². The Morgan fingerprint density at radius 2 is 1.76 bits per heavy atom. The van der Waals surface area contributed by atoms with Gasteiger partial charge in [-0.15, -0.1) is 11.6 Å². The highest BCUT2D eigenvalue weighted by molar-refractivity contribution is 6.18. The molecule has 0 bridgehead atoms. The van der Waals surface area contributed by atoms with Crippen molar-refractivity contribution >= 4 is 11.6 Å². The number of ether oxygens (including phenoxy) is 2. The Hall–Kier alpha value is 0.170. The second-order valence-corrected chi connectivity index (χ2v) is 4.53. The zero-order valence-electron chi connectivity index (χ0n) is 11.6. The first-order valence-corrected chi connectivity index (χ1v) is 7.20. The summed E-state index contributed by atoms with van der Waals surface area (Å²) in [6, 6.07) is 0.660. The Balaban J connectivity index is 3.69. The van der Waals surface area contributed by atoms with E-state index in [0.717, 1.165) is 26.1 Å². The molecule has 17 heavy (non-hydrogen) atoms. The predicted octanol–water partition coefficient (Wildman–Crippen LogP) is 2.77. The molecule has 0 aromatic carbocycles. The monoisotopic (exact) mass is 265 g/mol. The number of alkyl halides is 1. The molecule has 4 heteroatoms. The Morgan fingerprint density at radius 3 is 2.29 bits per heavy atom. The summed E-state index contributed by atoms with van der Waals surface area (Å²) < 4.78 is 10.4. The molecule has 0 heterocycles. The lowest BCUT2D eigenvalue weighted by molar-refractivity contribution is 0.0626. The first-order valence-electron chi connectivity index (χ1n) is 6.66. The van der Waals surface area contributed by atoms with E-state index in [0.29, 0.717) is 25.1 Å². The molecule has 0 atom stereocenters. The van der Waals surface area contributed by atoms with E-state index < -0.39 is 0 Å². The van der Waals surface area contributed by atoms with Gasteiger partial charge in [-0.2, -0.15) is 0 Å². The molecule has 3 nitrogen and oxygen atoms in total. The second-order valence-electron chi connectivity index (χ2n) is 4.15. The topological polar surface area (TPSA) is 21.7 Å². The Kier molecular flexibility index (Phi) is 12.7. The van der Waals surface area contributed by atoms with Gasteiger partial charge in [0.15, 0.2) is 0 Å². The number of methoxy groups -OCH3 is 1. The van der Waals surface area contributed by atoms with Crippen LogP contribution >= 0.6 is 11.6 Å². The summed E-state index contributed by atoms with van der Waals surface area (Å²) in [7, 11) is 1.69. The van der Waals surface area contributed by atoms with Crippen molar-refractivity contribution in [3.05, 3.63) is 0 Å². The maximum Gasteiger partial charge on any atom is 0.0700 e. The van der Waals surface area contributed by atoms with Crippen molar-refractivity contribution in [2.45, 2.75) is 39.2 Å². The molecule has 0 aliphatic rings. The fourth-order valence-corrected chi connectivity index (χ4v) is 2.22. The van der Waals surface area contributed by atoms with Crippen LogP contribution in [0.15, 0.2) is 0 Å². The third kappa shape index (κ3) is 8.83. The first-order chi connectivity index (χ1) is 8.29. The maximum absolute atomic E-state index is 5.85. The van der Waals surface area contributed by atoms with Crippen LogP contribution < -0.4 is 0 Å². The summed E-state index contributed by atoms with van der Waals surface area (Å²) in [5.74, 6) is 0.709. The van der Waals surface area contributed by atoms with Gasteiger partial charge in [-0.25, -0.2) is 0 Å². The van der Waals surface area contributed by atoms with Gasteiger partial charge in [0.25, 0.3) is 0 Å². The van der Waals surface area contributed by atoms with Crippen LogP contribution in [0.4, 0.5) is 0 Å². The normalized spacial score (nSPS) is 11.6. The van der Waals surface area contributed by atoms with Crippen LogP contribution in [0.25, 0.3) is 0 Å². The van der Waals surface area contributed by atoms with Crippen LogP contribution in [0.2, 0.25) is 0 Å². The standard InChI is InChI=1S/C13H28ClNO2/c1-4-13(5-2)15(9-7-14)8-6-10-17-12-11-16-3/h13H,4-12H2,1-3H3. The molecule has 0 unspecified atom stereocenters. The van der Waals surface area contributed by atoms with Crippen molar-refractivity contribution in [2.75, 3.05) is 45.9 Å².